The lowest BCUT2D eigenvalue weighted by molar-refractivity contribution is -0.384. The van der Waals surface area contributed by atoms with E-state index in [2.05, 4.69) is 25.7 Å². The first kappa shape index (κ1) is 24.0. The molecule has 3 aromatic rings. The Morgan fingerprint density at radius 2 is 1.76 bits per heavy atom. The van der Waals surface area contributed by atoms with Gasteiger partial charge in [-0.15, -0.1) is 0 Å². The largest absolute Gasteiger partial charge is 0.454 e. The summed E-state index contributed by atoms with van der Waals surface area (Å²) in [4.78, 5) is 55.1. The second kappa shape index (κ2) is 10.3. The van der Waals surface area contributed by atoms with Crippen LogP contribution in [0, 0.1) is 30.9 Å². The molecule has 0 radical (unpaired) electrons. The second-order valence-corrected chi connectivity index (χ2v) is 7.23. The van der Waals surface area contributed by atoms with Crippen molar-refractivity contribution in [1.82, 2.24) is 25.1 Å². The summed E-state index contributed by atoms with van der Waals surface area (Å²) in [5.41, 5.74) is 1.83. The predicted octanol–water partition coefficient (Wildman–Crippen LogP) is 1.41. The van der Waals surface area contributed by atoms with Gasteiger partial charge in [-0.05, 0) is 32.9 Å². The highest BCUT2D eigenvalue weighted by Crippen LogP contribution is 2.15. The lowest BCUT2D eigenvalue weighted by Crippen LogP contribution is -2.32. The molecule has 2 heterocycles. The number of amides is 2. The van der Waals surface area contributed by atoms with E-state index in [0.29, 0.717) is 11.5 Å². The van der Waals surface area contributed by atoms with Gasteiger partial charge in [-0.25, -0.2) is 9.97 Å². The highest BCUT2D eigenvalue weighted by molar-refractivity contribution is 5.97. The van der Waals surface area contributed by atoms with Gasteiger partial charge >= 0.3 is 5.97 Å². The molecule has 0 saturated carbocycles. The number of hydrogen-bond acceptors (Lipinski definition) is 9. The monoisotopic (exact) mass is 467 g/mol. The maximum Gasteiger partial charge on any atom is 0.325 e. The van der Waals surface area contributed by atoms with Crippen LogP contribution in [0.3, 0.4) is 0 Å². The van der Waals surface area contributed by atoms with E-state index in [1.54, 1.807) is 19.1 Å². The zero-order valence-corrected chi connectivity index (χ0v) is 18.6. The minimum atomic E-state index is -0.865. The van der Waals surface area contributed by atoms with Crippen LogP contribution in [0.15, 0.2) is 36.4 Å². The molecule has 0 spiro atoms. The van der Waals surface area contributed by atoms with Gasteiger partial charge in [-0.2, -0.15) is 9.78 Å². The Kier molecular flexibility index (Phi) is 7.26. The van der Waals surface area contributed by atoms with Crippen LogP contribution in [0.2, 0.25) is 0 Å². The van der Waals surface area contributed by atoms with Crippen molar-refractivity contribution in [1.29, 1.82) is 0 Å². The number of nitrogens with one attached hydrogen (secondary N) is 2. The summed E-state index contributed by atoms with van der Waals surface area (Å²) in [7, 11) is 0. The lowest BCUT2D eigenvalue weighted by Gasteiger charge is -2.09. The summed E-state index contributed by atoms with van der Waals surface area (Å²) in [5, 5.41) is 20.0. The zero-order chi connectivity index (χ0) is 24.8. The topological polar surface area (TPSA) is 171 Å². The molecule has 0 bridgehead atoms. The first-order chi connectivity index (χ1) is 16.1. The van der Waals surface area contributed by atoms with E-state index in [1.165, 1.54) is 22.9 Å². The first-order valence-electron chi connectivity index (χ1n) is 10.00. The number of nitro benzene ring substituents is 1. The van der Waals surface area contributed by atoms with E-state index in [4.69, 9.17) is 4.74 Å². The summed E-state index contributed by atoms with van der Waals surface area (Å²) in [5.74, 6) is -1.62. The van der Waals surface area contributed by atoms with Crippen molar-refractivity contribution >= 4 is 29.3 Å². The van der Waals surface area contributed by atoms with Gasteiger partial charge in [0.15, 0.2) is 6.61 Å². The molecule has 176 valence electrons. The van der Waals surface area contributed by atoms with Crippen LogP contribution in [0.4, 0.5) is 11.5 Å². The number of esters is 1. The number of carbonyl (C=O) groups excluding carboxylic acids is 3. The number of non-ortho nitro benzene ring substituents is 1. The summed E-state index contributed by atoms with van der Waals surface area (Å²) in [6.45, 7) is 4.22. The van der Waals surface area contributed by atoms with Crippen LogP contribution >= 0.6 is 0 Å². The Labute approximate surface area is 193 Å². The SMILES string of the molecule is Cc1cc(C)nc(-n2nc(C)cc2NC(=O)COC(=O)CNC(=O)c2cccc([N+](=O)[O-])c2)n1. The molecule has 3 rings (SSSR count). The van der Waals surface area contributed by atoms with Gasteiger partial charge in [0, 0.05) is 35.2 Å². The third-order valence-corrected chi connectivity index (χ3v) is 4.34. The molecule has 0 aliphatic rings. The van der Waals surface area contributed by atoms with Crippen LogP contribution in [0.1, 0.15) is 27.4 Å². The summed E-state index contributed by atoms with van der Waals surface area (Å²) >= 11 is 0. The van der Waals surface area contributed by atoms with E-state index in [-0.39, 0.29) is 17.2 Å². The van der Waals surface area contributed by atoms with Crippen molar-refractivity contribution in [2.75, 3.05) is 18.5 Å². The molecule has 2 N–H and O–H groups in total. The maximum absolute atomic E-state index is 12.3. The molecule has 0 aliphatic carbocycles. The average molecular weight is 467 g/mol. The number of aryl methyl sites for hydroxylation is 3. The molecule has 2 amide bonds. The smallest absolute Gasteiger partial charge is 0.325 e. The molecular formula is C21H21N7O6. The Morgan fingerprint density at radius 1 is 1.06 bits per heavy atom. The van der Waals surface area contributed by atoms with Crippen molar-refractivity contribution in [2.24, 2.45) is 0 Å². The van der Waals surface area contributed by atoms with Crippen LogP contribution in [-0.2, 0) is 14.3 Å². The maximum atomic E-state index is 12.3. The van der Waals surface area contributed by atoms with E-state index in [0.717, 1.165) is 17.5 Å². The fraction of sp³-hybridized carbons (Fsp3) is 0.238. The second-order valence-electron chi connectivity index (χ2n) is 7.23. The Hall–Kier alpha value is -4.68. The minimum absolute atomic E-state index is 0.0111. The van der Waals surface area contributed by atoms with Crippen LogP contribution in [0.5, 0.6) is 0 Å². The van der Waals surface area contributed by atoms with Gasteiger partial charge in [-0.1, -0.05) is 6.07 Å². The van der Waals surface area contributed by atoms with Gasteiger partial charge in [0.2, 0.25) is 0 Å². The van der Waals surface area contributed by atoms with Crippen LogP contribution in [0.25, 0.3) is 5.95 Å². The molecule has 13 nitrogen and oxygen atoms in total. The molecule has 34 heavy (non-hydrogen) atoms. The van der Waals surface area contributed by atoms with Crippen molar-refractivity contribution in [3.8, 4) is 5.95 Å². The van der Waals surface area contributed by atoms with Gasteiger partial charge in [-0.3, -0.25) is 24.5 Å². The number of rotatable bonds is 8. The van der Waals surface area contributed by atoms with E-state index < -0.39 is 35.9 Å². The molecule has 0 unspecified atom stereocenters. The predicted molar refractivity (Wildman–Crippen MR) is 118 cm³/mol. The van der Waals surface area contributed by atoms with E-state index >= 15 is 0 Å². The number of anilines is 1. The van der Waals surface area contributed by atoms with Crippen LogP contribution in [-0.4, -0.2) is 55.6 Å². The van der Waals surface area contributed by atoms with Crippen molar-refractivity contribution in [2.45, 2.75) is 20.8 Å². The number of nitro groups is 1. The molecule has 13 heteroatoms. The first-order valence-corrected chi connectivity index (χ1v) is 10.00. The Bertz CT molecular complexity index is 1250. The fourth-order valence-electron chi connectivity index (χ4n) is 2.93. The van der Waals surface area contributed by atoms with Crippen LogP contribution < -0.4 is 10.6 Å². The number of ether oxygens (including phenoxy) is 1. The van der Waals surface area contributed by atoms with Gasteiger partial charge < -0.3 is 15.4 Å². The lowest BCUT2D eigenvalue weighted by atomic mass is 10.2. The highest BCUT2D eigenvalue weighted by atomic mass is 16.6. The number of nitrogens with zero attached hydrogens (tertiary/aromatic N) is 5. The molecule has 0 aliphatic heterocycles. The Morgan fingerprint density at radius 3 is 2.44 bits per heavy atom. The highest BCUT2D eigenvalue weighted by Gasteiger charge is 2.16. The normalized spacial score (nSPS) is 10.4. The van der Waals surface area contributed by atoms with E-state index in [9.17, 15) is 24.5 Å². The molecule has 0 fully saturated rings. The molecule has 2 aromatic heterocycles. The van der Waals surface area contributed by atoms with Crippen molar-refractivity contribution in [3.63, 3.8) is 0 Å². The van der Waals surface area contributed by atoms with Gasteiger partial charge in [0.1, 0.15) is 12.4 Å². The molecule has 0 atom stereocenters. The number of aromatic nitrogens is 4. The van der Waals surface area contributed by atoms with Gasteiger partial charge in [0.05, 0.1) is 10.6 Å². The molecule has 0 saturated heterocycles. The van der Waals surface area contributed by atoms with Crippen molar-refractivity contribution in [3.05, 3.63) is 69.2 Å². The zero-order valence-electron chi connectivity index (χ0n) is 18.6. The average Bonchev–Trinajstić information content (AvgIpc) is 3.15. The quantitative estimate of drug-likeness (QED) is 0.282. The number of benzene rings is 1. The number of hydrogen-bond donors (Lipinski definition) is 2. The van der Waals surface area contributed by atoms with E-state index in [1.807, 2.05) is 13.8 Å². The standard InChI is InChI=1S/C21H21N7O6/c1-12-7-13(2)24-21(23-12)27-17(8-14(3)26-27)25-18(29)11-34-19(30)10-22-20(31)15-5-4-6-16(9-15)28(32)33/h4-9H,10-11H2,1-3H3,(H,22,31)(H,25,29). The fourth-order valence-corrected chi connectivity index (χ4v) is 2.93. The molecular weight excluding hydrogens is 446 g/mol. The summed E-state index contributed by atoms with van der Waals surface area (Å²) < 4.78 is 6.25. The Balaban J connectivity index is 1.54. The third kappa shape index (κ3) is 6.18. The summed E-state index contributed by atoms with van der Waals surface area (Å²) in [6, 6.07) is 8.45. The van der Waals surface area contributed by atoms with Crippen molar-refractivity contribution < 1.29 is 24.0 Å². The minimum Gasteiger partial charge on any atom is -0.454 e. The summed E-state index contributed by atoms with van der Waals surface area (Å²) in [6.07, 6.45) is 0. The van der Waals surface area contributed by atoms with Gasteiger partial charge in [0.25, 0.3) is 23.5 Å². The third-order valence-electron chi connectivity index (χ3n) is 4.34. The number of carbonyl (C=O) groups is 3. The molecule has 1 aromatic carbocycles.